The maximum atomic E-state index is 2.99. The molecule has 0 N–H and O–H groups in total. The van der Waals surface area contributed by atoms with E-state index in [-0.39, 0.29) is 21.9 Å². The second kappa shape index (κ2) is 8.97. The lowest BCUT2D eigenvalue weighted by Gasteiger charge is -2.60. The third-order valence-corrected chi connectivity index (χ3v) is 17.3. The van der Waals surface area contributed by atoms with Gasteiger partial charge in [0.25, 0.3) is 6.71 Å². The first kappa shape index (κ1) is 29.1. The van der Waals surface area contributed by atoms with Gasteiger partial charge in [0.2, 0.25) is 0 Å². The van der Waals surface area contributed by atoms with E-state index in [1.54, 1.807) is 50.3 Å². The number of benzene rings is 3. The van der Waals surface area contributed by atoms with Crippen molar-refractivity contribution in [1.82, 2.24) is 0 Å². The first-order valence-corrected chi connectivity index (χ1v) is 20.1. The van der Waals surface area contributed by atoms with Crippen LogP contribution in [0.1, 0.15) is 133 Å². The molecule has 3 heteroatoms. The van der Waals surface area contributed by atoms with Gasteiger partial charge in [-0.2, -0.15) is 0 Å². The molecule has 0 radical (unpaired) electrons. The van der Waals surface area contributed by atoms with Crippen LogP contribution in [0.5, 0.6) is 0 Å². The number of fused-ring (bicyclic) bond motifs is 14. The SMILES string of the molecule is Cc1cc2c3c(c1)N1c4c(cc(C)cc4C4(C)C5CCCCC5CCC14C)B3c1cc(C)cc3c1N2C1(C)CCC2CCCCC2C31C. The maximum Gasteiger partial charge on any atom is 0.252 e. The Bertz CT molecular complexity index is 1830. The zero-order valence-electron chi connectivity index (χ0n) is 30.7. The molecule has 0 spiro atoms. The van der Waals surface area contributed by atoms with Crippen LogP contribution in [0.25, 0.3) is 0 Å². The Balaban J connectivity index is 1.24. The molecule has 4 heterocycles. The number of hydrogen-bond acceptors (Lipinski definition) is 2. The van der Waals surface area contributed by atoms with E-state index < -0.39 is 0 Å². The predicted molar refractivity (Wildman–Crippen MR) is 203 cm³/mol. The van der Waals surface area contributed by atoms with E-state index >= 15 is 0 Å². The molecule has 4 aliphatic carbocycles. The van der Waals surface area contributed by atoms with Crippen LogP contribution < -0.4 is 26.2 Å². The van der Waals surface area contributed by atoms with E-state index in [9.17, 15) is 0 Å². The molecule has 3 aromatic rings. The second-order valence-corrected chi connectivity index (χ2v) is 19.2. The van der Waals surface area contributed by atoms with Gasteiger partial charge in [-0.3, -0.25) is 0 Å². The van der Waals surface area contributed by atoms with Gasteiger partial charge in [0, 0.05) is 33.6 Å². The third kappa shape index (κ3) is 2.98. The maximum absolute atomic E-state index is 2.99. The Kier molecular flexibility index (Phi) is 5.43. The molecule has 8 atom stereocenters. The van der Waals surface area contributed by atoms with Crippen LogP contribution in [-0.2, 0) is 10.8 Å². The summed E-state index contributed by atoms with van der Waals surface area (Å²) in [5.74, 6) is 3.32. The van der Waals surface area contributed by atoms with Crippen molar-refractivity contribution in [3.8, 4) is 0 Å². The Hall–Kier alpha value is -2.68. The Morgan fingerprint density at radius 3 is 1.42 bits per heavy atom. The molecular weight excluding hydrogens is 579 g/mol. The lowest BCUT2D eigenvalue weighted by atomic mass is 9.33. The fourth-order valence-corrected chi connectivity index (χ4v) is 15.1. The summed E-state index contributed by atoms with van der Waals surface area (Å²) in [7, 11) is 0. The first-order valence-electron chi connectivity index (χ1n) is 20.1. The normalized spacial score (nSPS) is 39.2. The number of rotatable bonds is 0. The molecular formula is C45H55BN2. The highest BCUT2D eigenvalue weighted by Gasteiger charge is 2.69. The number of aryl methyl sites for hydroxylation is 3. The van der Waals surface area contributed by atoms with Crippen molar-refractivity contribution in [3.05, 3.63) is 64.2 Å². The van der Waals surface area contributed by atoms with Crippen LogP contribution in [-0.4, -0.2) is 17.8 Å². The minimum atomic E-state index is 0.0878. The summed E-state index contributed by atoms with van der Waals surface area (Å²) >= 11 is 0. The quantitative estimate of drug-likeness (QED) is 0.228. The Morgan fingerprint density at radius 1 is 0.542 bits per heavy atom. The van der Waals surface area contributed by atoms with Crippen LogP contribution in [0, 0.1) is 44.4 Å². The lowest BCUT2D eigenvalue weighted by Crippen LogP contribution is -2.68. The molecule has 48 heavy (non-hydrogen) atoms. The lowest BCUT2D eigenvalue weighted by molar-refractivity contribution is 0.0318. The first-order chi connectivity index (χ1) is 23.0. The summed E-state index contributed by atoms with van der Waals surface area (Å²) in [5.41, 5.74) is 19.4. The average Bonchev–Trinajstić information content (AvgIpc) is 3.41. The predicted octanol–water partition coefficient (Wildman–Crippen LogP) is 9.29. The number of hydrogen-bond donors (Lipinski definition) is 0. The fraction of sp³-hybridized carbons (Fsp3) is 0.600. The summed E-state index contributed by atoms with van der Waals surface area (Å²) in [5, 5.41) is 0. The van der Waals surface area contributed by atoms with Gasteiger partial charge in [0.1, 0.15) is 0 Å². The zero-order chi connectivity index (χ0) is 32.7. The van der Waals surface area contributed by atoms with Gasteiger partial charge in [0.05, 0.1) is 11.1 Å². The topological polar surface area (TPSA) is 6.48 Å². The summed E-state index contributed by atoms with van der Waals surface area (Å²) < 4.78 is 0. The Labute approximate surface area is 290 Å². The molecule has 11 rings (SSSR count). The molecule has 4 aliphatic heterocycles. The van der Waals surface area contributed by atoms with E-state index in [1.807, 2.05) is 0 Å². The summed E-state index contributed by atoms with van der Waals surface area (Å²) in [6.45, 7) is 18.4. The van der Waals surface area contributed by atoms with Crippen LogP contribution in [0.3, 0.4) is 0 Å². The minimum absolute atomic E-state index is 0.0878. The van der Waals surface area contributed by atoms with E-state index in [4.69, 9.17) is 0 Å². The van der Waals surface area contributed by atoms with E-state index in [0.717, 1.165) is 23.7 Å². The van der Waals surface area contributed by atoms with Gasteiger partial charge < -0.3 is 9.80 Å². The van der Waals surface area contributed by atoms with Gasteiger partial charge in [-0.25, -0.2) is 0 Å². The van der Waals surface area contributed by atoms with Crippen molar-refractivity contribution in [2.75, 3.05) is 9.80 Å². The van der Waals surface area contributed by atoms with Crippen LogP contribution in [0.4, 0.5) is 22.7 Å². The number of nitrogens with zero attached hydrogens (tertiary/aromatic N) is 2. The molecule has 0 amide bonds. The average molecular weight is 635 g/mol. The highest BCUT2D eigenvalue weighted by atomic mass is 15.3. The van der Waals surface area contributed by atoms with Crippen LogP contribution >= 0.6 is 0 Å². The molecule has 0 aromatic heterocycles. The standard InChI is InChI=1S/C45H55BN2/c1-26-20-33-40-35(22-26)46-36-23-27(2)21-34-41(36)48(43(5)19-17-30-13-9-11-15-32(30)45(34,43)7)38-25-28(3)24-37(39(38)46)47(40)42(4)18-16-29-12-8-10-14-31(29)44(33,42)6/h20-25,29-32H,8-19H2,1-7H3. The van der Waals surface area contributed by atoms with E-state index in [0.29, 0.717) is 6.71 Å². The van der Waals surface area contributed by atoms with Crippen molar-refractivity contribution in [2.24, 2.45) is 23.7 Å². The molecule has 248 valence electrons. The van der Waals surface area contributed by atoms with Gasteiger partial charge >= 0.3 is 0 Å². The summed E-state index contributed by atoms with van der Waals surface area (Å²) in [6, 6.07) is 15.8. The largest absolute Gasteiger partial charge is 0.335 e. The van der Waals surface area contributed by atoms with Crippen molar-refractivity contribution in [3.63, 3.8) is 0 Å². The van der Waals surface area contributed by atoms with Gasteiger partial charge in [-0.15, -0.1) is 0 Å². The Morgan fingerprint density at radius 2 is 0.958 bits per heavy atom. The fourth-order valence-electron chi connectivity index (χ4n) is 15.1. The summed E-state index contributed by atoms with van der Waals surface area (Å²) in [4.78, 5) is 5.98. The highest BCUT2D eigenvalue weighted by molar-refractivity contribution is 7.00. The van der Waals surface area contributed by atoms with E-state index in [2.05, 4.69) is 94.7 Å². The van der Waals surface area contributed by atoms with Crippen molar-refractivity contribution >= 4 is 45.9 Å². The third-order valence-electron chi connectivity index (χ3n) is 17.3. The monoisotopic (exact) mass is 634 g/mol. The van der Waals surface area contributed by atoms with Crippen molar-refractivity contribution in [1.29, 1.82) is 0 Å². The minimum Gasteiger partial charge on any atom is -0.335 e. The smallest absolute Gasteiger partial charge is 0.252 e. The molecule has 3 aromatic carbocycles. The molecule has 2 nitrogen and oxygen atoms in total. The van der Waals surface area contributed by atoms with Gasteiger partial charge in [-0.1, -0.05) is 87.8 Å². The van der Waals surface area contributed by atoms with Gasteiger partial charge in [-0.05, 0) is 142 Å². The van der Waals surface area contributed by atoms with Crippen molar-refractivity contribution in [2.45, 2.75) is 147 Å². The zero-order valence-corrected chi connectivity index (χ0v) is 30.7. The van der Waals surface area contributed by atoms with Crippen molar-refractivity contribution < 1.29 is 0 Å². The van der Waals surface area contributed by atoms with Gasteiger partial charge in [0.15, 0.2) is 0 Å². The molecule has 0 saturated heterocycles. The van der Waals surface area contributed by atoms with Crippen LogP contribution in [0.15, 0.2) is 36.4 Å². The van der Waals surface area contributed by atoms with E-state index in [1.165, 1.54) is 93.7 Å². The molecule has 4 fully saturated rings. The highest BCUT2D eigenvalue weighted by Crippen LogP contribution is 2.69. The molecule has 4 saturated carbocycles. The summed E-state index contributed by atoms with van der Waals surface area (Å²) in [6.07, 6.45) is 16.8. The molecule has 8 unspecified atom stereocenters. The number of anilines is 4. The van der Waals surface area contributed by atoms with Crippen LogP contribution in [0.2, 0.25) is 0 Å². The molecule has 0 bridgehead atoms. The molecule has 8 aliphatic rings. The second-order valence-electron chi connectivity index (χ2n) is 19.2.